The van der Waals surface area contributed by atoms with Crippen LogP contribution in [0.5, 0.6) is 11.5 Å². The minimum Gasteiger partial charge on any atom is -0.429 e. The van der Waals surface area contributed by atoms with Crippen LogP contribution in [-0.4, -0.2) is 5.97 Å². The van der Waals surface area contributed by atoms with Gasteiger partial charge in [0.25, 0.3) is 0 Å². The Morgan fingerprint density at radius 2 is 1.24 bits per heavy atom. The summed E-state index contributed by atoms with van der Waals surface area (Å²) in [5, 5.41) is 0. The number of rotatable bonds is 11. The van der Waals surface area contributed by atoms with E-state index in [-0.39, 0.29) is 17.1 Å². The van der Waals surface area contributed by atoms with Gasteiger partial charge in [0.15, 0.2) is 0 Å². The fourth-order valence-electron chi connectivity index (χ4n) is 3.16. The van der Waals surface area contributed by atoms with E-state index in [4.69, 9.17) is 9.47 Å². The normalized spacial score (nSPS) is 11.0. The average Bonchev–Trinajstić information content (AvgIpc) is 2.83. The lowest BCUT2D eigenvalue weighted by atomic mass is 10.1. The average molecular weight is 449 g/mol. The van der Waals surface area contributed by atoms with Gasteiger partial charge < -0.3 is 9.47 Å². The van der Waals surface area contributed by atoms with Crippen LogP contribution in [0.25, 0.3) is 0 Å². The first-order chi connectivity index (χ1) is 15.9. The maximum Gasteiger partial charge on any atom is 0.426 e. The fraction of sp³-hybridized carbons (Fsp3) is 0.179. The van der Waals surface area contributed by atoms with Crippen LogP contribution < -0.4 is 9.47 Å². The molecule has 0 fully saturated rings. The molecule has 0 radical (unpaired) electrons. The van der Waals surface area contributed by atoms with E-state index < -0.39 is 12.1 Å². The molecule has 3 aromatic carbocycles. The van der Waals surface area contributed by atoms with Crippen molar-refractivity contribution in [3.05, 3.63) is 120 Å². The highest BCUT2D eigenvalue weighted by atomic mass is 19.3. The lowest BCUT2D eigenvalue weighted by molar-refractivity contribution is -0.185. The highest BCUT2D eigenvalue weighted by Crippen LogP contribution is 2.32. The van der Waals surface area contributed by atoms with Crippen molar-refractivity contribution in [1.82, 2.24) is 0 Å². The topological polar surface area (TPSA) is 35.5 Å². The van der Waals surface area contributed by atoms with Gasteiger partial charge in [0, 0.05) is 0 Å². The summed E-state index contributed by atoms with van der Waals surface area (Å²) >= 11 is 0. The zero-order chi connectivity index (χ0) is 23.7. The Morgan fingerprint density at radius 3 is 1.76 bits per heavy atom. The SMILES string of the molecule is C=CCCc1ccc(OC(F)(F)c2ccc(OC(=O)c3ccc(CCC=C)cc3)cc2)cc1. The standard InChI is InChI=1S/C28H26F2O3/c1-3-5-7-21-9-13-23(14-10-21)27(31)32-25-19-15-24(16-20-25)28(29,30)33-26-17-11-22(12-18-26)8-6-4-2/h3-4,9-20H,1-2,5-8H2. The molecule has 0 aliphatic carbocycles. The van der Waals surface area contributed by atoms with Crippen molar-refractivity contribution in [1.29, 1.82) is 0 Å². The number of aryl methyl sites for hydroxylation is 2. The molecule has 0 saturated heterocycles. The Hall–Kier alpha value is -3.73. The number of carbonyl (C=O) groups excluding carboxylic acids is 1. The van der Waals surface area contributed by atoms with Crippen molar-refractivity contribution in [2.24, 2.45) is 0 Å². The molecule has 5 heteroatoms. The highest BCUT2D eigenvalue weighted by molar-refractivity contribution is 5.91. The van der Waals surface area contributed by atoms with Gasteiger partial charge in [0.2, 0.25) is 0 Å². The molecule has 3 aromatic rings. The van der Waals surface area contributed by atoms with Crippen LogP contribution in [0.4, 0.5) is 8.78 Å². The first-order valence-electron chi connectivity index (χ1n) is 10.7. The number of hydrogen-bond donors (Lipinski definition) is 0. The van der Waals surface area contributed by atoms with Crippen LogP contribution in [0.15, 0.2) is 98.1 Å². The van der Waals surface area contributed by atoms with Crippen LogP contribution in [0.3, 0.4) is 0 Å². The summed E-state index contributed by atoms with van der Waals surface area (Å²) in [4.78, 5) is 12.3. The van der Waals surface area contributed by atoms with Crippen molar-refractivity contribution in [3.63, 3.8) is 0 Å². The van der Waals surface area contributed by atoms with Gasteiger partial charge in [-0.05, 0) is 85.3 Å². The molecule has 0 saturated carbocycles. The first kappa shape index (κ1) is 23.9. The minimum absolute atomic E-state index is 0.0643. The maximum absolute atomic E-state index is 14.6. The van der Waals surface area contributed by atoms with Gasteiger partial charge in [0.05, 0.1) is 11.1 Å². The van der Waals surface area contributed by atoms with Gasteiger partial charge >= 0.3 is 12.1 Å². The van der Waals surface area contributed by atoms with Crippen molar-refractivity contribution in [2.45, 2.75) is 31.8 Å². The molecule has 3 rings (SSSR count). The van der Waals surface area contributed by atoms with Gasteiger partial charge in [-0.2, -0.15) is 8.78 Å². The van der Waals surface area contributed by atoms with E-state index in [1.54, 1.807) is 30.3 Å². The molecule has 0 aliphatic heterocycles. The van der Waals surface area contributed by atoms with E-state index >= 15 is 0 Å². The molecule has 0 unspecified atom stereocenters. The van der Waals surface area contributed by atoms with Crippen molar-refractivity contribution < 1.29 is 23.0 Å². The fourth-order valence-corrected chi connectivity index (χ4v) is 3.16. The van der Waals surface area contributed by atoms with Gasteiger partial charge in [0.1, 0.15) is 11.5 Å². The summed E-state index contributed by atoms with van der Waals surface area (Å²) in [5.74, 6) is -0.325. The highest BCUT2D eigenvalue weighted by Gasteiger charge is 2.34. The Kier molecular flexibility index (Phi) is 8.14. The van der Waals surface area contributed by atoms with E-state index in [9.17, 15) is 13.6 Å². The Bertz CT molecular complexity index is 1070. The second kappa shape index (κ2) is 11.2. The van der Waals surface area contributed by atoms with Crippen LogP contribution in [0.2, 0.25) is 0 Å². The summed E-state index contributed by atoms with van der Waals surface area (Å²) in [6, 6.07) is 18.6. The van der Waals surface area contributed by atoms with Gasteiger partial charge in [-0.25, -0.2) is 4.79 Å². The van der Waals surface area contributed by atoms with Crippen molar-refractivity contribution >= 4 is 5.97 Å². The van der Waals surface area contributed by atoms with Gasteiger partial charge in [-0.3, -0.25) is 0 Å². The Labute approximate surface area is 193 Å². The summed E-state index contributed by atoms with van der Waals surface area (Å²) < 4.78 is 39.4. The van der Waals surface area contributed by atoms with E-state index in [1.165, 1.54) is 36.4 Å². The first-order valence-corrected chi connectivity index (χ1v) is 10.7. The second-order valence-electron chi connectivity index (χ2n) is 7.53. The molecule has 0 aliphatic rings. The zero-order valence-electron chi connectivity index (χ0n) is 18.3. The number of alkyl halides is 2. The molecule has 0 spiro atoms. The van der Waals surface area contributed by atoms with Gasteiger partial charge in [-0.15, -0.1) is 13.2 Å². The van der Waals surface area contributed by atoms with Crippen molar-refractivity contribution in [3.8, 4) is 11.5 Å². The molecular weight excluding hydrogens is 422 g/mol. The Morgan fingerprint density at radius 1 is 0.758 bits per heavy atom. The lowest BCUT2D eigenvalue weighted by Crippen LogP contribution is -2.21. The number of ether oxygens (including phenoxy) is 2. The summed E-state index contributed by atoms with van der Waals surface area (Å²) in [6.45, 7) is 7.36. The van der Waals surface area contributed by atoms with Gasteiger partial charge in [-0.1, -0.05) is 36.4 Å². The molecule has 170 valence electrons. The third-order valence-electron chi connectivity index (χ3n) is 5.03. The molecule has 0 N–H and O–H groups in total. The third-order valence-corrected chi connectivity index (χ3v) is 5.03. The van der Waals surface area contributed by atoms with Crippen molar-refractivity contribution in [2.75, 3.05) is 0 Å². The number of carbonyl (C=O) groups is 1. The number of allylic oxidation sites excluding steroid dienone is 2. The molecule has 0 amide bonds. The number of benzene rings is 3. The number of esters is 1. The Balaban J connectivity index is 1.60. The van der Waals surface area contributed by atoms with E-state index in [0.717, 1.165) is 36.8 Å². The molecule has 33 heavy (non-hydrogen) atoms. The molecule has 0 heterocycles. The molecule has 0 bridgehead atoms. The summed E-state index contributed by atoms with van der Waals surface area (Å²) in [5.41, 5.74) is 2.14. The van der Waals surface area contributed by atoms with Crippen LogP contribution in [0, 0.1) is 0 Å². The summed E-state index contributed by atoms with van der Waals surface area (Å²) in [6.07, 6.45) is 3.41. The zero-order valence-corrected chi connectivity index (χ0v) is 18.3. The van der Waals surface area contributed by atoms with Crippen LogP contribution >= 0.6 is 0 Å². The second-order valence-corrected chi connectivity index (χ2v) is 7.53. The number of hydrogen-bond acceptors (Lipinski definition) is 3. The smallest absolute Gasteiger partial charge is 0.426 e. The van der Waals surface area contributed by atoms with E-state index in [0.29, 0.717) is 5.56 Å². The molecule has 0 aromatic heterocycles. The minimum atomic E-state index is -3.54. The maximum atomic E-state index is 14.6. The van der Waals surface area contributed by atoms with Crippen LogP contribution in [-0.2, 0) is 19.0 Å². The third kappa shape index (κ3) is 6.88. The molecule has 3 nitrogen and oxygen atoms in total. The van der Waals surface area contributed by atoms with Crippen LogP contribution in [0.1, 0.15) is 39.9 Å². The predicted molar refractivity (Wildman–Crippen MR) is 126 cm³/mol. The van der Waals surface area contributed by atoms with E-state index in [2.05, 4.69) is 13.2 Å². The quantitative estimate of drug-likeness (QED) is 0.176. The number of halogens is 2. The largest absolute Gasteiger partial charge is 0.429 e. The van der Waals surface area contributed by atoms with E-state index in [1.807, 2.05) is 18.2 Å². The monoisotopic (exact) mass is 448 g/mol. The molecule has 0 atom stereocenters. The summed E-state index contributed by atoms with van der Waals surface area (Å²) in [7, 11) is 0. The predicted octanol–water partition coefficient (Wildman–Crippen LogP) is 7.27. The molecular formula is C28H26F2O3. The lowest BCUT2D eigenvalue weighted by Gasteiger charge is -2.18.